The van der Waals surface area contributed by atoms with Crippen LogP contribution in [-0.4, -0.2) is 4.37 Å². The van der Waals surface area contributed by atoms with E-state index in [0.29, 0.717) is 0 Å². The molecular weight excluding hydrogens is 130 g/mol. The van der Waals surface area contributed by atoms with Crippen molar-refractivity contribution in [3.63, 3.8) is 0 Å². The Morgan fingerprint density at radius 3 is 3.44 bits per heavy atom. The fourth-order valence-corrected chi connectivity index (χ4v) is 1.37. The Kier molecular flexibility index (Phi) is 0.993. The number of hydrogen-bond acceptors (Lipinski definition) is 2. The summed E-state index contributed by atoms with van der Waals surface area (Å²) in [6, 6.07) is 9.00. The van der Waals surface area contributed by atoms with Crippen molar-refractivity contribution in [3.8, 4) is 0 Å². The first-order valence-corrected chi connectivity index (χ1v) is 3.45. The average Bonchev–Trinajstić information content (AvgIpc) is 2.33. The van der Waals surface area contributed by atoms with Gasteiger partial charge in [-0.05, 0) is 11.5 Å². The highest BCUT2D eigenvalue weighted by molar-refractivity contribution is 7.13. The molecule has 0 fully saturated rings. The maximum atomic E-state index is 4.01. The third kappa shape index (κ3) is 0.715. The van der Waals surface area contributed by atoms with Crippen molar-refractivity contribution in [3.05, 3.63) is 30.5 Å². The molecule has 0 saturated heterocycles. The van der Waals surface area contributed by atoms with E-state index in [0.717, 1.165) is 4.70 Å². The summed E-state index contributed by atoms with van der Waals surface area (Å²) in [6.45, 7) is 0. The summed E-state index contributed by atoms with van der Waals surface area (Å²) in [4.78, 5) is 0. The highest BCUT2D eigenvalue weighted by Crippen LogP contribution is 2.15. The van der Waals surface area contributed by atoms with Crippen LogP contribution in [0.1, 0.15) is 0 Å². The molecule has 0 aliphatic carbocycles. The molecule has 1 heterocycles. The van der Waals surface area contributed by atoms with Crippen molar-refractivity contribution in [2.24, 2.45) is 0 Å². The number of fused-ring (bicyclic) bond motifs is 1. The van der Waals surface area contributed by atoms with Gasteiger partial charge >= 0.3 is 0 Å². The number of aromatic nitrogens is 1. The number of rotatable bonds is 0. The van der Waals surface area contributed by atoms with Crippen LogP contribution >= 0.6 is 11.5 Å². The molecule has 0 atom stereocenters. The molecule has 2 heteroatoms. The zero-order valence-corrected chi connectivity index (χ0v) is 5.48. The normalized spacial score (nSPS) is 10.2. The summed E-state index contributed by atoms with van der Waals surface area (Å²) in [6.07, 6.45) is 1.86. The molecule has 1 radical (unpaired) electrons. The average molecular weight is 134 g/mol. The Balaban J connectivity index is 2.95. The topological polar surface area (TPSA) is 12.9 Å². The van der Waals surface area contributed by atoms with Gasteiger partial charge in [-0.25, -0.2) is 0 Å². The van der Waals surface area contributed by atoms with Crippen molar-refractivity contribution < 1.29 is 0 Å². The van der Waals surface area contributed by atoms with Gasteiger partial charge in [0.25, 0.3) is 0 Å². The van der Waals surface area contributed by atoms with Crippen LogP contribution in [0.2, 0.25) is 0 Å². The molecule has 0 N–H and O–H groups in total. The molecule has 2 aromatic rings. The van der Waals surface area contributed by atoms with E-state index >= 15 is 0 Å². The minimum Gasteiger partial charge on any atom is -0.200 e. The second-order valence-electron chi connectivity index (χ2n) is 1.78. The molecule has 43 valence electrons. The van der Waals surface area contributed by atoms with Gasteiger partial charge in [-0.15, -0.1) is 0 Å². The summed E-state index contributed by atoms with van der Waals surface area (Å²) in [5.41, 5.74) is 0. The molecule has 2 rings (SSSR count). The molecule has 0 unspecified atom stereocenters. The first-order chi connectivity index (χ1) is 4.47. The van der Waals surface area contributed by atoms with Crippen LogP contribution in [0.3, 0.4) is 0 Å². The van der Waals surface area contributed by atoms with E-state index in [-0.39, 0.29) is 0 Å². The van der Waals surface area contributed by atoms with Gasteiger partial charge in [0.1, 0.15) is 0 Å². The van der Waals surface area contributed by atoms with Crippen LogP contribution < -0.4 is 0 Å². The monoisotopic (exact) mass is 134 g/mol. The van der Waals surface area contributed by atoms with Crippen LogP contribution in [0.15, 0.2) is 24.4 Å². The van der Waals surface area contributed by atoms with E-state index in [1.807, 2.05) is 24.4 Å². The quantitative estimate of drug-likeness (QED) is 0.537. The maximum Gasteiger partial charge on any atom is 0.0628 e. The Morgan fingerprint density at radius 2 is 2.56 bits per heavy atom. The van der Waals surface area contributed by atoms with Gasteiger partial charge in [-0.2, -0.15) is 4.37 Å². The van der Waals surface area contributed by atoms with Crippen molar-refractivity contribution in [1.82, 2.24) is 4.37 Å². The van der Waals surface area contributed by atoms with E-state index in [2.05, 4.69) is 10.4 Å². The third-order valence-electron chi connectivity index (χ3n) is 1.18. The van der Waals surface area contributed by atoms with E-state index < -0.39 is 0 Å². The largest absolute Gasteiger partial charge is 0.200 e. The van der Waals surface area contributed by atoms with Crippen LogP contribution in [0.25, 0.3) is 10.1 Å². The maximum absolute atomic E-state index is 4.01. The molecule has 0 amide bonds. The van der Waals surface area contributed by atoms with Gasteiger partial charge in [0.05, 0.1) is 4.70 Å². The Labute approximate surface area is 57.1 Å². The third-order valence-corrected chi connectivity index (χ3v) is 1.93. The lowest BCUT2D eigenvalue weighted by atomic mass is 10.3. The minimum absolute atomic E-state index is 1.14. The molecule has 9 heavy (non-hydrogen) atoms. The second kappa shape index (κ2) is 1.81. The lowest BCUT2D eigenvalue weighted by Crippen LogP contribution is -1.57. The minimum atomic E-state index is 1.14. The Bertz CT molecular complexity index is 283. The van der Waals surface area contributed by atoms with E-state index in [1.54, 1.807) is 0 Å². The summed E-state index contributed by atoms with van der Waals surface area (Å²) in [5, 5.41) is 1.18. The molecule has 0 bridgehead atoms. The Hall–Kier alpha value is -0.890. The second-order valence-corrected chi connectivity index (χ2v) is 2.58. The highest BCUT2D eigenvalue weighted by Gasteiger charge is 1.90. The van der Waals surface area contributed by atoms with E-state index in [4.69, 9.17) is 0 Å². The van der Waals surface area contributed by atoms with Crippen LogP contribution in [-0.2, 0) is 0 Å². The summed E-state index contributed by atoms with van der Waals surface area (Å²) < 4.78 is 5.15. The van der Waals surface area contributed by atoms with Crippen molar-refractivity contribution in [2.45, 2.75) is 0 Å². The zero-order chi connectivity index (χ0) is 6.10. The first-order valence-electron chi connectivity index (χ1n) is 2.68. The lowest BCUT2D eigenvalue weighted by Gasteiger charge is -1.79. The van der Waals surface area contributed by atoms with Gasteiger partial charge in [0.15, 0.2) is 0 Å². The predicted octanol–water partition coefficient (Wildman–Crippen LogP) is 2.10. The fourth-order valence-electron chi connectivity index (χ4n) is 0.751. The van der Waals surface area contributed by atoms with Gasteiger partial charge in [-0.3, -0.25) is 0 Å². The predicted molar refractivity (Wildman–Crippen MR) is 38.5 cm³/mol. The summed E-state index contributed by atoms with van der Waals surface area (Å²) in [5.74, 6) is 0. The standard InChI is InChI=1S/C7H4NS/c1-2-4-7-6(3-1)5-8-9-7/h1-3,5H. The SMILES string of the molecule is [c]1cccc2cnsc12. The molecule has 0 saturated carbocycles. The molecule has 0 aliphatic heterocycles. The smallest absolute Gasteiger partial charge is 0.0628 e. The molecule has 0 aliphatic rings. The van der Waals surface area contributed by atoms with Crippen molar-refractivity contribution in [1.29, 1.82) is 0 Å². The highest BCUT2D eigenvalue weighted by atomic mass is 32.1. The van der Waals surface area contributed by atoms with Crippen LogP contribution in [0.4, 0.5) is 0 Å². The van der Waals surface area contributed by atoms with Crippen LogP contribution in [0.5, 0.6) is 0 Å². The first kappa shape index (κ1) is 4.94. The molecular formula is C7H4NS. The van der Waals surface area contributed by atoms with Gasteiger partial charge < -0.3 is 0 Å². The van der Waals surface area contributed by atoms with E-state index in [1.165, 1.54) is 16.9 Å². The van der Waals surface area contributed by atoms with Gasteiger partial charge in [0.2, 0.25) is 0 Å². The molecule has 1 aromatic carbocycles. The summed E-state index contributed by atoms with van der Waals surface area (Å²) >= 11 is 1.48. The van der Waals surface area contributed by atoms with E-state index in [9.17, 15) is 0 Å². The molecule has 1 aromatic heterocycles. The molecule has 0 spiro atoms. The van der Waals surface area contributed by atoms with Gasteiger partial charge in [-0.1, -0.05) is 18.2 Å². The summed E-state index contributed by atoms with van der Waals surface area (Å²) in [7, 11) is 0. The zero-order valence-electron chi connectivity index (χ0n) is 4.66. The van der Waals surface area contributed by atoms with Crippen molar-refractivity contribution in [2.75, 3.05) is 0 Å². The Morgan fingerprint density at radius 1 is 1.56 bits per heavy atom. The number of hydrogen-bond donors (Lipinski definition) is 0. The molecule has 1 nitrogen and oxygen atoms in total. The number of benzene rings is 1. The van der Waals surface area contributed by atoms with Gasteiger partial charge in [0, 0.05) is 17.6 Å². The number of nitrogens with zero attached hydrogens (tertiary/aromatic N) is 1. The lowest BCUT2D eigenvalue weighted by molar-refractivity contribution is 1.61. The van der Waals surface area contributed by atoms with Crippen molar-refractivity contribution >= 4 is 21.6 Å². The van der Waals surface area contributed by atoms with Crippen LogP contribution in [0, 0.1) is 6.07 Å². The fraction of sp³-hybridized carbons (Fsp3) is 0.